The van der Waals surface area contributed by atoms with Crippen molar-refractivity contribution < 1.29 is 0 Å². The zero-order valence-corrected chi connectivity index (χ0v) is 9.95. The normalized spacial score (nSPS) is 10.9. The first-order valence-electron chi connectivity index (χ1n) is 5.67. The SMILES string of the molecule is Cn1ncc2c(=O)n(Cc3ccccc3)cnc21. The molecule has 0 fully saturated rings. The molecule has 0 bridgehead atoms. The Balaban J connectivity index is 2.08. The molecule has 0 N–H and O–H groups in total. The van der Waals surface area contributed by atoms with Crippen molar-refractivity contribution >= 4 is 11.0 Å². The molecule has 18 heavy (non-hydrogen) atoms. The molecule has 0 atom stereocenters. The zero-order valence-electron chi connectivity index (χ0n) is 9.95. The second-order valence-corrected chi connectivity index (χ2v) is 4.17. The van der Waals surface area contributed by atoms with Gasteiger partial charge in [-0.1, -0.05) is 30.3 Å². The summed E-state index contributed by atoms with van der Waals surface area (Å²) in [5, 5.41) is 4.60. The summed E-state index contributed by atoms with van der Waals surface area (Å²) in [4.78, 5) is 16.5. The first-order valence-corrected chi connectivity index (χ1v) is 5.67. The van der Waals surface area contributed by atoms with Crippen molar-refractivity contribution in [3.63, 3.8) is 0 Å². The molecule has 0 amide bonds. The molecule has 1 aromatic carbocycles. The van der Waals surface area contributed by atoms with Crippen molar-refractivity contribution in [2.24, 2.45) is 7.05 Å². The van der Waals surface area contributed by atoms with E-state index in [1.165, 1.54) is 0 Å². The molecule has 0 radical (unpaired) electrons. The Bertz CT molecular complexity index is 743. The first kappa shape index (κ1) is 10.7. The van der Waals surface area contributed by atoms with E-state index in [0.717, 1.165) is 5.56 Å². The van der Waals surface area contributed by atoms with Crippen molar-refractivity contribution in [2.45, 2.75) is 6.54 Å². The summed E-state index contributed by atoms with van der Waals surface area (Å²) in [7, 11) is 1.77. The number of fused-ring (bicyclic) bond motifs is 1. The van der Waals surface area contributed by atoms with Gasteiger partial charge in [-0.15, -0.1) is 0 Å². The van der Waals surface area contributed by atoms with Crippen molar-refractivity contribution in [1.82, 2.24) is 19.3 Å². The molecule has 2 heterocycles. The summed E-state index contributed by atoms with van der Waals surface area (Å²) in [5.41, 5.74) is 1.63. The van der Waals surface area contributed by atoms with E-state index in [9.17, 15) is 4.79 Å². The van der Waals surface area contributed by atoms with Crippen molar-refractivity contribution in [1.29, 1.82) is 0 Å². The summed E-state index contributed by atoms with van der Waals surface area (Å²) in [5.74, 6) is 0. The minimum absolute atomic E-state index is 0.0584. The minimum atomic E-state index is -0.0584. The molecule has 3 aromatic rings. The van der Waals surface area contributed by atoms with E-state index in [-0.39, 0.29) is 5.56 Å². The quantitative estimate of drug-likeness (QED) is 0.676. The lowest BCUT2D eigenvalue weighted by Gasteiger charge is -2.05. The second kappa shape index (κ2) is 4.10. The lowest BCUT2D eigenvalue weighted by atomic mass is 10.2. The Kier molecular flexibility index (Phi) is 2.44. The van der Waals surface area contributed by atoms with E-state index >= 15 is 0 Å². The molecule has 0 saturated heterocycles. The summed E-state index contributed by atoms with van der Waals surface area (Å²) in [6.07, 6.45) is 3.13. The van der Waals surface area contributed by atoms with Gasteiger partial charge in [0.25, 0.3) is 5.56 Å². The van der Waals surface area contributed by atoms with Gasteiger partial charge in [0.2, 0.25) is 0 Å². The highest BCUT2D eigenvalue weighted by Crippen LogP contribution is 2.05. The molecule has 2 aromatic heterocycles. The van der Waals surface area contributed by atoms with Crippen molar-refractivity contribution in [3.05, 3.63) is 58.8 Å². The van der Waals surface area contributed by atoms with E-state index in [4.69, 9.17) is 0 Å². The van der Waals surface area contributed by atoms with Crippen LogP contribution in [-0.2, 0) is 13.6 Å². The van der Waals surface area contributed by atoms with Crippen LogP contribution in [0.5, 0.6) is 0 Å². The number of aromatic nitrogens is 4. The molecule has 5 heteroatoms. The molecule has 3 rings (SSSR count). The number of nitrogens with zero attached hydrogens (tertiary/aromatic N) is 4. The first-order chi connectivity index (χ1) is 8.75. The van der Waals surface area contributed by atoms with Crippen LogP contribution >= 0.6 is 0 Å². The van der Waals surface area contributed by atoms with Crippen molar-refractivity contribution in [3.8, 4) is 0 Å². The molecular weight excluding hydrogens is 228 g/mol. The monoisotopic (exact) mass is 240 g/mol. The summed E-state index contributed by atoms with van der Waals surface area (Å²) >= 11 is 0. The van der Waals surface area contributed by atoms with E-state index in [0.29, 0.717) is 17.6 Å². The predicted molar refractivity (Wildman–Crippen MR) is 68.3 cm³/mol. The predicted octanol–water partition coefficient (Wildman–Crippen LogP) is 1.18. The summed E-state index contributed by atoms with van der Waals surface area (Å²) in [6.45, 7) is 0.525. The molecule has 0 saturated carbocycles. The standard InChI is InChI=1S/C13H12N4O/c1-16-12-11(7-15-16)13(18)17(9-14-12)8-10-5-3-2-4-6-10/h2-7,9H,8H2,1H3. The zero-order chi connectivity index (χ0) is 12.5. The Morgan fingerprint density at radius 3 is 2.78 bits per heavy atom. The highest BCUT2D eigenvalue weighted by molar-refractivity contribution is 5.72. The van der Waals surface area contributed by atoms with Crippen LogP contribution in [0.4, 0.5) is 0 Å². The lowest BCUT2D eigenvalue weighted by molar-refractivity contribution is 0.737. The molecule has 0 aliphatic carbocycles. The van der Waals surface area contributed by atoms with Gasteiger partial charge in [0, 0.05) is 7.05 Å². The molecule has 0 unspecified atom stereocenters. The maximum Gasteiger partial charge on any atom is 0.264 e. The third kappa shape index (κ3) is 1.69. The van der Waals surface area contributed by atoms with Gasteiger partial charge in [-0.05, 0) is 5.56 Å². The van der Waals surface area contributed by atoms with E-state index in [1.807, 2.05) is 30.3 Å². The highest BCUT2D eigenvalue weighted by Gasteiger charge is 2.07. The third-order valence-electron chi connectivity index (χ3n) is 2.91. The smallest absolute Gasteiger partial charge is 0.264 e. The van der Waals surface area contributed by atoms with Gasteiger partial charge < -0.3 is 0 Å². The van der Waals surface area contributed by atoms with Gasteiger partial charge in [-0.3, -0.25) is 14.0 Å². The van der Waals surface area contributed by atoms with Gasteiger partial charge in [0.05, 0.1) is 12.7 Å². The van der Waals surface area contributed by atoms with Gasteiger partial charge in [-0.25, -0.2) is 4.98 Å². The molecule has 0 spiro atoms. The van der Waals surface area contributed by atoms with E-state index < -0.39 is 0 Å². The van der Waals surface area contributed by atoms with Crippen LogP contribution in [0.1, 0.15) is 5.56 Å². The van der Waals surface area contributed by atoms with Crippen molar-refractivity contribution in [2.75, 3.05) is 0 Å². The molecule has 90 valence electrons. The van der Waals surface area contributed by atoms with Crippen LogP contribution in [0.15, 0.2) is 47.7 Å². The Morgan fingerprint density at radius 2 is 2.00 bits per heavy atom. The fourth-order valence-corrected chi connectivity index (χ4v) is 1.96. The van der Waals surface area contributed by atoms with E-state index in [2.05, 4.69) is 10.1 Å². The van der Waals surface area contributed by atoms with Gasteiger partial charge >= 0.3 is 0 Å². The van der Waals surface area contributed by atoms with Crippen LogP contribution in [0, 0.1) is 0 Å². The number of hydrogen-bond donors (Lipinski definition) is 0. The van der Waals surface area contributed by atoms with Crippen LogP contribution in [0.25, 0.3) is 11.0 Å². The Morgan fingerprint density at radius 1 is 1.22 bits per heavy atom. The second-order valence-electron chi connectivity index (χ2n) is 4.17. The molecule has 0 aliphatic heterocycles. The summed E-state index contributed by atoms with van der Waals surface area (Å²) < 4.78 is 3.20. The fourth-order valence-electron chi connectivity index (χ4n) is 1.96. The van der Waals surface area contributed by atoms with Crippen LogP contribution < -0.4 is 5.56 Å². The molecule has 5 nitrogen and oxygen atoms in total. The van der Waals surface area contributed by atoms with Crippen LogP contribution in [-0.4, -0.2) is 19.3 Å². The number of aryl methyl sites for hydroxylation is 1. The van der Waals surface area contributed by atoms with Crippen LogP contribution in [0.3, 0.4) is 0 Å². The Hall–Kier alpha value is -2.43. The fraction of sp³-hybridized carbons (Fsp3) is 0.154. The van der Waals surface area contributed by atoms with Gasteiger partial charge in [0.1, 0.15) is 11.7 Å². The summed E-state index contributed by atoms with van der Waals surface area (Å²) in [6, 6.07) is 9.83. The maximum atomic E-state index is 12.2. The topological polar surface area (TPSA) is 52.7 Å². The minimum Gasteiger partial charge on any atom is -0.294 e. The Labute approximate surface area is 103 Å². The average Bonchev–Trinajstić information content (AvgIpc) is 2.77. The number of hydrogen-bond acceptors (Lipinski definition) is 3. The molecular formula is C13H12N4O. The van der Waals surface area contributed by atoms with Gasteiger partial charge in [0.15, 0.2) is 5.65 Å². The third-order valence-corrected chi connectivity index (χ3v) is 2.91. The maximum absolute atomic E-state index is 12.2. The van der Waals surface area contributed by atoms with Gasteiger partial charge in [-0.2, -0.15) is 5.10 Å². The van der Waals surface area contributed by atoms with E-state index in [1.54, 1.807) is 28.8 Å². The molecule has 0 aliphatic rings. The van der Waals surface area contributed by atoms with Crippen LogP contribution in [0.2, 0.25) is 0 Å². The number of benzene rings is 1. The average molecular weight is 240 g/mol. The largest absolute Gasteiger partial charge is 0.294 e. The highest BCUT2D eigenvalue weighted by atomic mass is 16.1. The lowest BCUT2D eigenvalue weighted by Crippen LogP contribution is -2.21. The number of rotatable bonds is 2.